The van der Waals surface area contributed by atoms with Crippen molar-refractivity contribution in [3.8, 4) is 0 Å². The number of halogens is 3. The van der Waals surface area contributed by atoms with E-state index in [1.165, 1.54) is 18.1 Å². The first-order valence-corrected chi connectivity index (χ1v) is 14.0. The van der Waals surface area contributed by atoms with E-state index < -0.39 is 30.3 Å². The Morgan fingerprint density at radius 2 is 1.83 bits per heavy atom. The van der Waals surface area contributed by atoms with E-state index in [1.54, 1.807) is 24.3 Å². The van der Waals surface area contributed by atoms with Crippen LogP contribution in [0.4, 0.5) is 18.9 Å². The number of carbonyl (C=O) groups excluding carboxylic acids is 2. The molecule has 2 saturated heterocycles. The first-order valence-electron chi connectivity index (χ1n) is 13.0. The molecule has 0 radical (unpaired) electrons. The lowest BCUT2D eigenvalue weighted by molar-refractivity contribution is -0.245. The Hall–Kier alpha value is -3.46. The van der Waals surface area contributed by atoms with Gasteiger partial charge in [0.1, 0.15) is 12.4 Å². The Balaban J connectivity index is 1.27. The highest BCUT2D eigenvalue weighted by Crippen LogP contribution is 2.39. The average Bonchev–Trinajstić information content (AvgIpc) is 3.68. The zero-order chi connectivity index (χ0) is 29.0. The zero-order valence-corrected chi connectivity index (χ0v) is 22.5. The minimum Gasteiger partial charge on any atom is -0.392 e. The summed E-state index contributed by atoms with van der Waals surface area (Å²) in [5.41, 5.74) is 2.78. The van der Waals surface area contributed by atoms with Crippen LogP contribution in [0.25, 0.3) is 0 Å². The van der Waals surface area contributed by atoms with E-state index in [4.69, 9.17) is 9.47 Å². The van der Waals surface area contributed by atoms with E-state index in [0.717, 1.165) is 11.1 Å². The van der Waals surface area contributed by atoms with Crippen LogP contribution in [0.2, 0.25) is 0 Å². The first-order chi connectivity index (χ1) is 19.7. The molecule has 2 amide bonds. The molecular weight excluding hydrogens is 563 g/mol. The summed E-state index contributed by atoms with van der Waals surface area (Å²) in [6.45, 7) is -0.181. The molecular formula is C27H28F3N5O5S. The highest BCUT2D eigenvalue weighted by atomic mass is 32.2. The third kappa shape index (κ3) is 7.07. The molecule has 41 heavy (non-hydrogen) atoms. The number of hydrogen-bond acceptors (Lipinski definition) is 8. The van der Waals surface area contributed by atoms with Gasteiger partial charge in [-0.25, -0.2) is 4.98 Å². The zero-order valence-electron chi connectivity index (χ0n) is 21.7. The summed E-state index contributed by atoms with van der Waals surface area (Å²) in [7, 11) is 0. The largest absolute Gasteiger partial charge is 0.471 e. The van der Waals surface area contributed by atoms with Crippen molar-refractivity contribution in [2.75, 3.05) is 17.6 Å². The van der Waals surface area contributed by atoms with E-state index in [-0.39, 0.29) is 31.8 Å². The summed E-state index contributed by atoms with van der Waals surface area (Å²) in [5.74, 6) is -2.09. The molecule has 2 aliphatic heterocycles. The van der Waals surface area contributed by atoms with Crippen LogP contribution >= 0.6 is 11.8 Å². The number of aromatic nitrogens is 3. The number of nitrogens with one attached hydrogen (secondary N) is 2. The number of thioether (sulfide) groups is 1. The molecule has 5 rings (SSSR count). The number of nitrogens with zero attached hydrogens (tertiary/aromatic N) is 3. The Kier molecular flexibility index (Phi) is 8.92. The van der Waals surface area contributed by atoms with Gasteiger partial charge in [-0.1, -0.05) is 48.2 Å². The van der Waals surface area contributed by atoms with Gasteiger partial charge in [-0.15, -0.1) is 0 Å². The molecule has 10 nitrogen and oxygen atoms in total. The molecule has 0 bridgehead atoms. The van der Waals surface area contributed by atoms with Crippen molar-refractivity contribution in [1.82, 2.24) is 20.1 Å². The van der Waals surface area contributed by atoms with Crippen LogP contribution < -0.4 is 5.32 Å². The molecule has 4 atom stereocenters. The second-order valence-electron chi connectivity index (χ2n) is 9.72. The topological polar surface area (TPSA) is 130 Å². The lowest BCUT2D eigenvalue weighted by Crippen LogP contribution is -2.48. The lowest BCUT2D eigenvalue weighted by Gasteiger charge is -2.36. The number of alkyl halides is 3. The molecule has 0 aliphatic carbocycles. The van der Waals surface area contributed by atoms with Crippen LogP contribution in [0, 0.1) is 0 Å². The van der Waals surface area contributed by atoms with Gasteiger partial charge in [-0.05, 0) is 36.1 Å². The Morgan fingerprint density at radius 3 is 2.49 bits per heavy atom. The number of rotatable bonds is 8. The molecule has 2 aliphatic rings. The van der Waals surface area contributed by atoms with Gasteiger partial charge in [0.2, 0.25) is 5.91 Å². The number of aliphatic hydroxyl groups excluding tert-OH is 1. The van der Waals surface area contributed by atoms with Gasteiger partial charge in [-0.2, -0.15) is 18.3 Å². The van der Waals surface area contributed by atoms with E-state index >= 15 is 0 Å². The van der Waals surface area contributed by atoms with E-state index in [0.29, 0.717) is 39.9 Å². The fraction of sp³-hybridized carbons (Fsp3) is 0.407. The van der Waals surface area contributed by atoms with Crippen molar-refractivity contribution in [1.29, 1.82) is 0 Å². The lowest BCUT2D eigenvalue weighted by atomic mass is 10.0. The molecule has 218 valence electrons. The molecule has 0 unspecified atom stereocenters. The van der Waals surface area contributed by atoms with Crippen LogP contribution in [0.1, 0.15) is 48.3 Å². The number of ether oxygens (including phenoxy) is 2. The van der Waals surface area contributed by atoms with Crippen molar-refractivity contribution >= 4 is 29.3 Å². The van der Waals surface area contributed by atoms with Gasteiger partial charge in [0.15, 0.2) is 11.4 Å². The van der Waals surface area contributed by atoms with Gasteiger partial charge in [0.25, 0.3) is 0 Å². The molecule has 0 spiro atoms. The van der Waals surface area contributed by atoms with Crippen LogP contribution in [-0.2, 0) is 25.7 Å². The number of hydrogen-bond donors (Lipinski definition) is 3. The normalized spacial score (nSPS) is 23.0. The third-order valence-corrected chi connectivity index (χ3v) is 7.93. The van der Waals surface area contributed by atoms with Crippen molar-refractivity contribution in [2.24, 2.45) is 0 Å². The van der Waals surface area contributed by atoms with Gasteiger partial charge in [0.05, 0.1) is 18.8 Å². The average molecular weight is 592 g/mol. The number of H-pyrrole nitrogens is 1. The Bertz CT molecular complexity index is 1320. The predicted molar refractivity (Wildman–Crippen MR) is 141 cm³/mol. The van der Waals surface area contributed by atoms with Gasteiger partial charge < -0.3 is 24.8 Å². The maximum Gasteiger partial charge on any atom is 0.471 e. The second-order valence-corrected chi connectivity index (χ2v) is 10.7. The number of carbonyl (C=O) groups is 2. The van der Waals surface area contributed by atoms with Crippen molar-refractivity contribution in [2.45, 2.75) is 61.7 Å². The van der Waals surface area contributed by atoms with Crippen molar-refractivity contribution in [3.05, 3.63) is 71.5 Å². The fourth-order valence-corrected chi connectivity index (χ4v) is 5.65. The smallest absolute Gasteiger partial charge is 0.392 e. The van der Waals surface area contributed by atoms with Crippen LogP contribution in [0.3, 0.4) is 0 Å². The van der Waals surface area contributed by atoms with Crippen LogP contribution in [-0.4, -0.2) is 67.6 Å². The molecule has 3 aromatic rings. The van der Waals surface area contributed by atoms with E-state index in [2.05, 4.69) is 20.5 Å². The minimum atomic E-state index is -5.03. The maximum atomic E-state index is 12.9. The monoisotopic (exact) mass is 591 g/mol. The molecule has 1 aromatic heterocycles. The van der Waals surface area contributed by atoms with E-state index in [1.807, 2.05) is 24.3 Å². The predicted octanol–water partition coefficient (Wildman–Crippen LogP) is 4.13. The van der Waals surface area contributed by atoms with Crippen LogP contribution in [0.15, 0.2) is 60.0 Å². The molecule has 2 aromatic carbocycles. The Labute approximate surface area is 237 Å². The highest BCUT2D eigenvalue weighted by Gasteiger charge is 2.47. The number of aromatic amines is 1. The van der Waals surface area contributed by atoms with Crippen LogP contribution in [0.5, 0.6) is 0 Å². The fourth-order valence-electron chi connectivity index (χ4n) is 4.85. The van der Waals surface area contributed by atoms with Crippen molar-refractivity contribution < 1.29 is 37.3 Å². The first kappa shape index (κ1) is 29.0. The number of likely N-dealkylation sites (tertiary alicyclic amines) is 1. The van der Waals surface area contributed by atoms with Gasteiger partial charge >= 0.3 is 12.1 Å². The molecule has 3 N–H and O–H groups in total. The Morgan fingerprint density at radius 1 is 1.10 bits per heavy atom. The standard InChI is InChI=1S/C27H28F3N5O5S/c28-27(29,30)25(38)35-11-1-2-21(35)23(37)33-19-9-7-18(8-10-19)24-39-20(14-41-26-31-15-32-34-26)12-22(40-24)17-5-3-16(13-36)4-6-17/h3-10,15,20-22,24,36H,1-2,11-14H2,(H,33,37)(H,31,32,34)/t20-,21-,22+,24+/m0/s1. The highest BCUT2D eigenvalue weighted by molar-refractivity contribution is 7.99. The summed E-state index contributed by atoms with van der Waals surface area (Å²) in [5, 5.41) is 19.3. The summed E-state index contributed by atoms with van der Waals surface area (Å²) in [6.07, 6.45) is -3.77. The SMILES string of the molecule is O=C(Nc1ccc([C@@H]2O[C@H](CSc3ncn[nH]3)C[C@H](c3ccc(CO)cc3)O2)cc1)[C@@H]1CCCN1C(=O)C(F)(F)F. The van der Waals surface area contributed by atoms with Gasteiger partial charge in [-0.3, -0.25) is 14.7 Å². The van der Waals surface area contributed by atoms with Gasteiger partial charge in [0, 0.05) is 30.0 Å². The number of aliphatic hydroxyl groups is 1. The third-order valence-electron chi connectivity index (χ3n) is 6.92. The number of anilines is 1. The van der Waals surface area contributed by atoms with Crippen molar-refractivity contribution in [3.63, 3.8) is 0 Å². The summed E-state index contributed by atoms with van der Waals surface area (Å²) < 4.78 is 51.4. The molecule has 0 saturated carbocycles. The number of benzene rings is 2. The second kappa shape index (κ2) is 12.6. The molecule has 3 heterocycles. The van der Waals surface area contributed by atoms with E-state index in [9.17, 15) is 27.9 Å². The summed E-state index contributed by atoms with van der Waals surface area (Å²) in [4.78, 5) is 29.2. The maximum absolute atomic E-state index is 12.9. The molecule has 14 heteroatoms. The number of amides is 2. The quantitative estimate of drug-likeness (QED) is 0.334. The minimum absolute atomic E-state index is 0.0612. The summed E-state index contributed by atoms with van der Waals surface area (Å²) >= 11 is 1.47. The summed E-state index contributed by atoms with van der Waals surface area (Å²) in [6, 6.07) is 13.0. The molecule has 2 fully saturated rings.